The molecule has 176 valence electrons. The minimum Gasteiger partial charge on any atom is -0.323 e. The largest absolute Gasteiger partial charge is 0.323 e. The summed E-state index contributed by atoms with van der Waals surface area (Å²) >= 11 is 0. The Morgan fingerprint density at radius 1 is 0.971 bits per heavy atom. The minimum atomic E-state index is -4.03. The summed E-state index contributed by atoms with van der Waals surface area (Å²) in [5, 5.41) is 4.96. The molecule has 0 radical (unpaired) electrons. The van der Waals surface area contributed by atoms with Crippen LogP contribution in [0.3, 0.4) is 0 Å². The lowest BCUT2D eigenvalue weighted by molar-refractivity contribution is -0.116. The molecular formula is C23H21FN4O5S. The lowest BCUT2D eigenvalue weighted by Crippen LogP contribution is -2.35. The van der Waals surface area contributed by atoms with Crippen molar-refractivity contribution >= 4 is 39.0 Å². The van der Waals surface area contributed by atoms with Gasteiger partial charge in [0.2, 0.25) is 15.9 Å². The molecule has 2 aromatic carbocycles. The maximum atomic E-state index is 13.8. The van der Waals surface area contributed by atoms with Crippen LogP contribution >= 0.6 is 0 Å². The normalized spacial score (nSPS) is 11.2. The standard InChI is InChI=1S/C23H21FN4O5S/c1-15(29)16-6-9-18(10-7-16)34(32,33)28(2)14-22(30)26-21-13-17(24)8-11-19(21)27-23(31)20-5-3-4-12-25-20/h3-13H,14H2,1-2H3,(H,26,30)(H,27,31). The molecule has 0 aliphatic heterocycles. The number of hydrogen-bond acceptors (Lipinski definition) is 6. The van der Waals surface area contributed by atoms with Gasteiger partial charge in [0.05, 0.1) is 22.8 Å². The van der Waals surface area contributed by atoms with E-state index < -0.39 is 34.2 Å². The Kier molecular flexibility index (Phi) is 7.49. The van der Waals surface area contributed by atoms with E-state index in [0.717, 1.165) is 16.4 Å². The molecule has 0 unspecified atom stereocenters. The number of pyridine rings is 1. The number of anilines is 2. The van der Waals surface area contributed by atoms with Crippen LogP contribution in [0.4, 0.5) is 15.8 Å². The van der Waals surface area contributed by atoms with Crippen LogP contribution in [0.25, 0.3) is 0 Å². The average Bonchev–Trinajstić information content (AvgIpc) is 2.81. The number of hydrogen-bond donors (Lipinski definition) is 2. The van der Waals surface area contributed by atoms with E-state index in [1.54, 1.807) is 12.1 Å². The van der Waals surface area contributed by atoms with E-state index in [1.807, 2.05) is 0 Å². The van der Waals surface area contributed by atoms with Crippen molar-refractivity contribution in [2.24, 2.45) is 0 Å². The van der Waals surface area contributed by atoms with Gasteiger partial charge in [0, 0.05) is 18.8 Å². The van der Waals surface area contributed by atoms with E-state index in [1.165, 1.54) is 56.6 Å². The fourth-order valence-electron chi connectivity index (χ4n) is 2.93. The molecule has 11 heteroatoms. The molecule has 0 saturated heterocycles. The van der Waals surface area contributed by atoms with E-state index in [0.29, 0.717) is 5.56 Å². The predicted octanol–water partition coefficient (Wildman–Crippen LogP) is 2.93. The van der Waals surface area contributed by atoms with Crippen LogP contribution in [0.15, 0.2) is 71.8 Å². The highest BCUT2D eigenvalue weighted by Gasteiger charge is 2.24. The quantitative estimate of drug-likeness (QED) is 0.474. The zero-order chi connectivity index (χ0) is 24.9. The topological polar surface area (TPSA) is 126 Å². The molecule has 34 heavy (non-hydrogen) atoms. The minimum absolute atomic E-state index is 0.0501. The molecule has 2 amide bonds. The zero-order valence-electron chi connectivity index (χ0n) is 18.3. The van der Waals surface area contributed by atoms with Crippen LogP contribution in [-0.2, 0) is 14.8 Å². The number of nitrogens with one attached hydrogen (secondary N) is 2. The van der Waals surface area contributed by atoms with Crippen LogP contribution < -0.4 is 10.6 Å². The lowest BCUT2D eigenvalue weighted by Gasteiger charge is -2.18. The number of aromatic nitrogens is 1. The molecule has 0 bridgehead atoms. The molecule has 3 rings (SSSR count). The number of rotatable bonds is 8. The van der Waals surface area contributed by atoms with Crippen LogP contribution in [0, 0.1) is 5.82 Å². The molecule has 9 nitrogen and oxygen atoms in total. The molecular weight excluding hydrogens is 463 g/mol. The Morgan fingerprint density at radius 2 is 1.68 bits per heavy atom. The van der Waals surface area contributed by atoms with Gasteiger partial charge in [-0.25, -0.2) is 12.8 Å². The lowest BCUT2D eigenvalue weighted by atomic mass is 10.2. The number of nitrogens with zero attached hydrogens (tertiary/aromatic N) is 2. The first-order chi connectivity index (χ1) is 16.1. The summed E-state index contributed by atoms with van der Waals surface area (Å²) in [7, 11) is -2.82. The van der Waals surface area contributed by atoms with Crippen molar-refractivity contribution in [1.82, 2.24) is 9.29 Å². The van der Waals surface area contributed by atoms with Crippen LogP contribution in [-0.4, -0.2) is 48.9 Å². The summed E-state index contributed by atoms with van der Waals surface area (Å²) in [6, 6.07) is 13.4. The Hall–Kier alpha value is -3.96. The molecule has 0 atom stereocenters. The third-order valence-corrected chi connectivity index (χ3v) is 6.55. The van der Waals surface area contributed by atoms with Gasteiger partial charge >= 0.3 is 0 Å². The summed E-state index contributed by atoms with van der Waals surface area (Å²) in [4.78, 5) is 40.2. The number of sulfonamides is 1. The SMILES string of the molecule is CC(=O)c1ccc(S(=O)(=O)N(C)CC(=O)Nc2cc(F)ccc2NC(=O)c2ccccn2)cc1. The second kappa shape index (κ2) is 10.3. The van der Waals surface area contributed by atoms with Crippen molar-refractivity contribution < 1.29 is 27.2 Å². The van der Waals surface area contributed by atoms with E-state index >= 15 is 0 Å². The van der Waals surface area contributed by atoms with Gasteiger partial charge in [-0.15, -0.1) is 0 Å². The molecule has 0 aliphatic rings. The van der Waals surface area contributed by atoms with Crippen molar-refractivity contribution in [3.05, 3.63) is 83.9 Å². The monoisotopic (exact) mass is 484 g/mol. The Morgan fingerprint density at radius 3 is 2.29 bits per heavy atom. The van der Waals surface area contributed by atoms with Gasteiger partial charge in [0.15, 0.2) is 5.78 Å². The fourth-order valence-corrected chi connectivity index (χ4v) is 4.06. The molecule has 1 heterocycles. The number of likely N-dealkylation sites (N-methyl/N-ethyl adjacent to an activating group) is 1. The van der Waals surface area contributed by atoms with Crippen LogP contribution in [0.1, 0.15) is 27.8 Å². The van der Waals surface area contributed by atoms with E-state index in [2.05, 4.69) is 15.6 Å². The number of Topliss-reactive ketones (excluding diaryl/α,β-unsaturated/α-hetero) is 1. The number of benzene rings is 2. The smallest absolute Gasteiger partial charge is 0.274 e. The Bertz CT molecular complexity index is 1330. The third-order valence-electron chi connectivity index (χ3n) is 4.74. The fraction of sp³-hybridized carbons (Fsp3) is 0.130. The van der Waals surface area contributed by atoms with Crippen molar-refractivity contribution in [1.29, 1.82) is 0 Å². The molecule has 0 fully saturated rings. The summed E-state index contributed by atoms with van der Waals surface area (Å²) in [6.45, 7) is 0.778. The van der Waals surface area contributed by atoms with Gasteiger partial charge < -0.3 is 10.6 Å². The van der Waals surface area contributed by atoms with Crippen molar-refractivity contribution in [3.63, 3.8) is 0 Å². The van der Waals surface area contributed by atoms with Crippen LogP contribution in [0.2, 0.25) is 0 Å². The van der Waals surface area contributed by atoms with E-state index in [4.69, 9.17) is 0 Å². The summed E-state index contributed by atoms with van der Waals surface area (Å²) in [5.74, 6) is -2.21. The second-order valence-corrected chi connectivity index (χ2v) is 9.29. The number of carbonyl (C=O) groups is 3. The van der Waals surface area contributed by atoms with Crippen molar-refractivity contribution in [2.45, 2.75) is 11.8 Å². The molecule has 0 aliphatic carbocycles. The highest BCUT2D eigenvalue weighted by atomic mass is 32.2. The highest BCUT2D eigenvalue weighted by molar-refractivity contribution is 7.89. The number of carbonyl (C=O) groups excluding carboxylic acids is 3. The van der Waals surface area contributed by atoms with Gasteiger partial charge in [-0.3, -0.25) is 19.4 Å². The Balaban J connectivity index is 1.73. The first kappa shape index (κ1) is 24.7. The van der Waals surface area contributed by atoms with Gasteiger partial charge in [0.25, 0.3) is 5.91 Å². The molecule has 0 saturated carbocycles. The van der Waals surface area contributed by atoms with Gasteiger partial charge in [-0.05, 0) is 49.4 Å². The predicted molar refractivity (Wildman–Crippen MR) is 123 cm³/mol. The first-order valence-electron chi connectivity index (χ1n) is 9.97. The second-order valence-electron chi connectivity index (χ2n) is 7.25. The van der Waals surface area contributed by atoms with E-state index in [-0.39, 0.29) is 27.7 Å². The van der Waals surface area contributed by atoms with Gasteiger partial charge in [-0.1, -0.05) is 18.2 Å². The molecule has 2 N–H and O–H groups in total. The van der Waals surface area contributed by atoms with Crippen molar-refractivity contribution in [3.8, 4) is 0 Å². The average molecular weight is 485 g/mol. The zero-order valence-corrected chi connectivity index (χ0v) is 19.1. The molecule has 1 aromatic heterocycles. The first-order valence-corrected chi connectivity index (χ1v) is 11.4. The van der Waals surface area contributed by atoms with Crippen LogP contribution in [0.5, 0.6) is 0 Å². The number of ketones is 1. The summed E-state index contributed by atoms with van der Waals surface area (Å²) in [6.07, 6.45) is 1.44. The molecule has 0 spiro atoms. The van der Waals surface area contributed by atoms with E-state index in [9.17, 15) is 27.2 Å². The highest BCUT2D eigenvalue weighted by Crippen LogP contribution is 2.24. The summed E-state index contributed by atoms with van der Waals surface area (Å²) < 4.78 is 40.2. The third kappa shape index (κ3) is 5.88. The maximum absolute atomic E-state index is 13.8. The number of halogens is 1. The molecule has 3 aromatic rings. The van der Waals surface area contributed by atoms with Gasteiger partial charge in [0.1, 0.15) is 11.5 Å². The van der Waals surface area contributed by atoms with Crippen molar-refractivity contribution in [2.75, 3.05) is 24.2 Å². The maximum Gasteiger partial charge on any atom is 0.274 e. The summed E-state index contributed by atoms with van der Waals surface area (Å²) in [5.41, 5.74) is 0.526. The number of amides is 2. The van der Waals surface area contributed by atoms with Gasteiger partial charge in [-0.2, -0.15) is 4.31 Å². The Labute approximate surface area is 195 Å².